The van der Waals surface area contributed by atoms with E-state index in [1.165, 1.54) is 0 Å². The van der Waals surface area contributed by atoms with E-state index >= 15 is 0 Å². The Morgan fingerprint density at radius 1 is 1.24 bits per heavy atom. The van der Waals surface area contributed by atoms with Crippen molar-refractivity contribution in [2.45, 2.75) is 45.0 Å². The molecule has 0 aromatic heterocycles. The van der Waals surface area contributed by atoms with Gasteiger partial charge in [-0.15, -0.1) is 11.6 Å². The van der Waals surface area contributed by atoms with Crippen molar-refractivity contribution in [3.8, 4) is 0 Å². The molecule has 1 aromatic rings. The van der Waals surface area contributed by atoms with Crippen LogP contribution in [0.25, 0.3) is 0 Å². The summed E-state index contributed by atoms with van der Waals surface area (Å²) >= 11 is 5.78. The lowest BCUT2D eigenvalue weighted by Crippen LogP contribution is -2.44. The highest BCUT2D eigenvalue weighted by atomic mass is 35.5. The lowest BCUT2D eigenvalue weighted by molar-refractivity contribution is -0.121. The summed E-state index contributed by atoms with van der Waals surface area (Å²) in [6.45, 7) is 5.75. The smallest absolute Gasteiger partial charge is 0.217 e. The van der Waals surface area contributed by atoms with Crippen LogP contribution in [-0.2, 0) is 16.2 Å². The van der Waals surface area contributed by atoms with E-state index in [2.05, 4.69) is 31.3 Å². The zero-order valence-electron chi connectivity index (χ0n) is 10.7. The summed E-state index contributed by atoms with van der Waals surface area (Å²) in [5, 5.41) is 3.07. The van der Waals surface area contributed by atoms with E-state index in [1.807, 2.05) is 12.1 Å². The molecule has 1 N–H and O–H groups in total. The summed E-state index contributed by atoms with van der Waals surface area (Å²) in [6.07, 6.45) is 1.76. The zero-order chi connectivity index (χ0) is 12.9. The quantitative estimate of drug-likeness (QED) is 0.799. The van der Waals surface area contributed by atoms with Gasteiger partial charge in [0.15, 0.2) is 0 Å². The largest absolute Gasteiger partial charge is 0.347 e. The molecule has 1 aromatic carbocycles. The van der Waals surface area contributed by atoms with Crippen molar-refractivity contribution in [3.63, 3.8) is 0 Å². The summed E-state index contributed by atoms with van der Waals surface area (Å²) in [5.41, 5.74) is 1.99. The number of alkyl halides is 1. The number of benzene rings is 1. The molecular weight excluding hydrogens is 234 g/mol. The standard InChI is InChI=1S/C14H20ClNO/c1-4-14(5-2,16-11(3)17)13-8-6-12(10-15)7-9-13/h6-9H,4-5,10H2,1-3H3,(H,16,17). The Labute approximate surface area is 108 Å². The van der Waals surface area contributed by atoms with E-state index in [-0.39, 0.29) is 11.4 Å². The molecule has 1 amide bonds. The van der Waals surface area contributed by atoms with Gasteiger partial charge in [-0.3, -0.25) is 4.79 Å². The third kappa shape index (κ3) is 3.22. The molecule has 0 saturated carbocycles. The normalized spacial score (nSPS) is 11.3. The van der Waals surface area contributed by atoms with Gasteiger partial charge in [0.25, 0.3) is 0 Å². The van der Waals surface area contributed by atoms with Crippen LogP contribution in [0.5, 0.6) is 0 Å². The van der Waals surface area contributed by atoms with E-state index in [0.717, 1.165) is 24.0 Å². The average Bonchev–Trinajstić information content (AvgIpc) is 2.36. The van der Waals surface area contributed by atoms with Gasteiger partial charge in [0, 0.05) is 12.8 Å². The van der Waals surface area contributed by atoms with Gasteiger partial charge in [0.1, 0.15) is 0 Å². The first kappa shape index (κ1) is 14.0. The van der Waals surface area contributed by atoms with Gasteiger partial charge >= 0.3 is 0 Å². The maximum atomic E-state index is 11.3. The molecule has 3 heteroatoms. The minimum absolute atomic E-state index is 0.00937. The van der Waals surface area contributed by atoms with Gasteiger partial charge in [0.05, 0.1) is 5.54 Å². The van der Waals surface area contributed by atoms with Gasteiger partial charge in [0.2, 0.25) is 5.91 Å². The fourth-order valence-electron chi connectivity index (χ4n) is 2.16. The molecule has 94 valence electrons. The van der Waals surface area contributed by atoms with Crippen LogP contribution in [0.15, 0.2) is 24.3 Å². The average molecular weight is 254 g/mol. The molecule has 0 bridgehead atoms. The second-order valence-corrected chi connectivity index (χ2v) is 4.57. The molecule has 0 atom stereocenters. The van der Waals surface area contributed by atoms with Crippen LogP contribution in [0.4, 0.5) is 0 Å². The molecule has 1 rings (SSSR count). The van der Waals surface area contributed by atoms with Crippen molar-refractivity contribution >= 4 is 17.5 Å². The number of amides is 1. The molecule has 0 aliphatic heterocycles. The van der Waals surface area contributed by atoms with Gasteiger partial charge in [-0.2, -0.15) is 0 Å². The third-order valence-electron chi connectivity index (χ3n) is 3.28. The van der Waals surface area contributed by atoms with Gasteiger partial charge < -0.3 is 5.32 Å². The molecular formula is C14H20ClNO. The Morgan fingerprint density at radius 2 is 1.76 bits per heavy atom. The van der Waals surface area contributed by atoms with Crippen LogP contribution in [0.2, 0.25) is 0 Å². The van der Waals surface area contributed by atoms with E-state index in [1.54, 1.807) is 6.92 Å². The number of halogens is 1. The van der Waals surface area contributed by atoms with Crippen LogP contribution in [-0.4, -0.2) is 5.91 Å². The Bertz CT molecular complexity index is 368. The molecule has 0 spiro atoms. The molecule has 0 aliphatic carbocycles. The highest BCUT2D eigenvalue weighted by Gasteiger charge is 2.28. The number of hydrogen-bond donors (Lipinski definition) is 1. The molecule has 0 heterocycles. The highest BCUT2D eigenvalue weighted by molar-refractivity contribution is 6.17. The minimum atomic E-state index is -0.253. The van der Waals surface area contributed by atoms with Gasteiger partial charge in [-0.1, -0.05) is 38.1 Å². The van der Waals surface area contributed by atoms with Gasteiger partial charge in [-0.25, -0.2) is 0 Å². The van der Waals surface area contributed by atoms with E-state index < -0.39 is 0 Å². The number of hydrogen-bond acceptors (Lipinski definition) is 1. The van der Waals surface area contributed by atoms with E-state index in [4.69, 9.17) is 11.6 Å². The van der Waals surface area contributed by atoms with Gasteiger partial charge in [-0.05, 0) is 24.0 Å². The van der Waals surface area contributed by atoms with E-state index in [9.17, 15) is 4.79 Å². The van der Waals surface area contributed by atoms with Crippen molar-refractivity contribution in [1.82, 2.24) is 5.32 Å². The lowest BCUT2D eigenvalue weighted by atomic mass is 9.84. The molecule has 2 nitrogen and oxygen atoms in total. The minimum Gasteiger partial charge on any atom is -0.347 e. The number of carbonyl (C=O) groups is 1. The predicted molar refractivity (Wildman–Crippen MR) is 72.1 cm³/mol. The molecule has 0 saturated heterocycles. The molecule has 0 radical (unpaired) electrons. The Kier molecular flexibility index (Phi) is 5.01. The van der Waals surface area contributed by atoms with Crippen LogP contribution >= 0.6 is 11.6 Å². The summed E-state index contributed by atoms with van der Waals surface area (Å²) in [5.74, 6) is 0.529. The molecule has 0 aliphatic rings. The first-order chi connectivity index (χ1) is 8.07. The fourth-order valence-corrected chi connectivity index (χ4v) is 2.34. The van der Waals surface area contributed by atoms with Crippen molar-refractivity contribution in [3.05, 3.63) is 35.4 Å². The van der Waals surface area contributed by atoms with Crippen LogP contribution in [0.1, 0.15) is 44.7 Å². The number of carbonyl (C=O) groups excluding carboxylic acids is 1. The fraction of sp³-hybridized carbons (Fsp3) is 0.500. The van der Waals surface area contributed by atoms with E-state index in [0.29, 0.717) is 5.88 Å². The first-order valence-electron chi connectivity index (χ1n) is 6.02. The summed E-state index contributed by atoms with van der Waals surface area (Å²) in [6, 6.07) is 8.15. The Balaban J connectivity index is 3.07. The monoisotopic (exact) mass is 253 g/mol. The molecule has 17 heavy (non-hydrogen) atoms. The topological polar surface area (TPSA) is 29.1 Å². The molecule has 0 fully saturated rings. The summed E-state index contributed by atoms with van der Waals surface area (Å²) in [4.78, 5) is 11.3. The Hall–Kier alpha value is -1.02. The highest BCUT2D eigenvalue weighted by Crippen LogP contribution is 2.29. The van der Waals surface area contributed by atoms with Crippen molar-refractivity contribution in [2.75, 3.05) is 0 Å². The SMILES string of the molecule is CCC(CC)(NC(C)=O)c1ccc(CCl)cc1. The molecule has 0 unspecified atom stereocenters. The first-order valence-corrected chi connectivity index (χ1v) is 6.55. The van der Waals surface area contributed by atoms with Crippen LogP contribution in [0.3, 0.4) is 0 Å². The maximum absolute atomic E-state index is 11.3. The van der Waals surface area contributed by atoms with Crippen LogP contribution in [0, 0.1) is 0 Å². The summed E-state index contributed by atoms with van der Waals surface area (Å²) < 4.78 is 0. The zero-order valence-corrected chi connectivity index (χ0v) is 11.5. The second-order valence-electron chi connectivity index (χ2n) is 4.30. The predicted octanol–water partition coefficient (Wildman–Crippen LogP) is 3.58. The summed E-state index contributed by atoms with van der Waals surface area (Å²) in [7, 11) is 0. The number of rotatable bonds is 5. The second kappa shape index (κ2) is 6.06. The lowest BCUT2D eigenvalue weighted by Gasteiger charge is -2.33. The van der Waals surface area contributed by atoms with Crippen molar-refractivity contribution in [1.29, 1.82) is 0 Å². The van der Waals surface area contributed by atoms with Crippen molar-refractivity contribution < 1.29 is 4.79 Å². The third-order valence-corrected chi connectivity index (χ3v) is 3.59. The van der Waals surface area contributed by atoms with Crippen molar-refractivity contribution in [2.24, 2.45) is 0 Å². The maximum Gasteiger partial charge on any atom is 0.217 e. The van der Waals surface area contributed by atoms with Crippen LogP contribution < -0.4 is 5.32 Å². The Morgan fingerprint density at radius 3 is 2.12 bits per heavy atom. The number of nitrogens with one attached hydrogen (secondary N) is 1.